The molecular formula is C13H25NO2S. The van der Waals surface area contributed by atoms with Crippen molar-refractivity contribution in [3.05, 3.63) is 0 Å². The summed E-state index contributed by atoms with van der Waals surface area (Å²) >= 11 is 2.03. The molecule has 1 heterocycles. The van der Waals surface area contributed by atoms with Gasteiger partial charge in [0.2, 0.25) is 0 Å². The Bertz CT molecular complexity index is 204. The summed E-state index contributed by atoms with van der Waals surface area (Å²) in [5.41, 5.74) is 0. The van der Waals surface area contributed by atoms with Crippen molar-refractivity contribution in [1.82, 2.24) is 5.32 Å². The summed E-state index contributed by atoms with van der Waals surface area (Å²) in [6.07, 6.45) is 7.49. The highest BCUT2D eigenvalue weighted by molar-refractivity contribution is 7.99. The highest BCUT2D eigenvalue weighted by atomic mass is 32.2. The van der Waals surface area contributed by atoms with Gasteiger partial charge < -0.3 is 15.2 Å². The van der Waals surface area contributed by atoms with Crippen LogP contribution in [0.3, 0.4) is 0 Å². The Kier molecular flexibility index (Phi) is 6.12. The van der Waals surface area contributed by atoms with Gasteiger partial charge in [-0.15, -0.1) is 0 Å². The zero-order valence-electron chi connectivity index (χ0n) is 10.6. The molecule has 2 aliphatic rings. The van der Waals surface area contributed by atoms with E-state index in [1.807, 2.05) is 11.8 Å². The monoisotopic (exact) mass is 259 g/mol. The molecule has 2 fully saturated rings. The second-order valence-corrected chi connectivity index (χ2v) is 6.41. The van der Waals surface area contributed by atoms with Crippen molar-refractivity contribution < 1.29 is 9.84 Å². The van der Waals surface area contributed by atoms with Crippen LogP contribution in [-0.4, -0.2) is 48.0 Å². The first-order valence-electron chi connectivity index (χ1n) is 6.95. The number of nitrogens with one attached hydrogen (secondary N) is 1. The summed E-state index contributed by atoms with van der Waals surface area (Å²) in [6, 6.07) is 0.609. The largest absolute Gasteiger partial charge is 0.389 e. The van der Waals surface area contributed by atoms with Crippen LogP contribution in [0.5, 0.6) is 0 Å². The molecule has 3 nitrogen and oxygen atoms in total. The van der Waals surface area contributed by atoms with E-state index in [9.17, 15) is 5.11 Å². The molecule has 0 aromatic rings. The number of hydrogen-bond donors (Lipinski definition) is 2. The van der Waals surface area contributed by atoms with E-state index >= 15 is 0 Å². The van der Waals surface area contributed by atoms with Crippen LogP contribution >= 0.6 is 11.8 Å². The van der Waals surface area contributed by atoms with E-state index in [0.717, 1.165) is 0 Å². The van der Waals surface area contributed by atoms with Crippen LogP contribution < -0.4 is 5.32 Å². The Morgan fingerprint density at radius 1 is 1.18 bits per heavy atom. The van der Waals surface area contributed by atoms with Gasteiger partial charge in [0.25, 0.3) is 0 Å². The van der Waals surface area contributed by atoms with Crippen LogP contribution in [0.1, 0.15) is 38.5 Å². The zero-order chi connectivity index (χ0) is 11.9. The molecule has 0 radical (unpaired) electrons. The SMILES string of the molecule is OC(CNC1CCSCC1)COC1CCCC1. The van der Waals surface area contributed by atoms with Gasteiger partial charge in [0.1, 0.15) is 0 Å². The third kappa shape index (κ3) is 5.16. The number of ether oxygens (including phenoxy) is 1. The minimum atomic E-state index is -0.342. The molecule has 0 aromatic heterocycles. The molecule has 1 aliphatic carbocycles. The van der Waals surface area contributed by atoms with Gasteiger partial charge in [-0.1, -0.05) is 12.8 Å². The predicted molar refractivity (Wildman–Crippen MR) is 72.6 cm³/mol. The van der Waals surface area contributed by atoms with Crippen LogP contribution in [0.15, 0.2) is 0 Å². The van der Waals surface area contributed by atoms with Crippen LogP contribution in [-0.2, 0) is 4.74 Å². The minimum absolute atomic E-state index is 0.342. The Labute approximate surface area is 109 Å². The first kappa shape index (κ1) is 13.7. The summed E-state index contributed by atoms with van der Waals surface area (Å²) in [6.45, 7) is 1.18. The van der Waals surface area contributed by atoms with E-state index in [1.54, 1.807) is 0 Å². The van der Waals surface area contributed by atoms with Crippen molar-refractivity contribution in [2.75, 3.05) is 24.7 Å². The van der Waals surface area contributed by atoms with Crippen molar-refractivity contribution in [3.8, 4) is 0 Å². The first-order valence-corrected chi connectivity index (χ1v) is 8.11. The number of thioether (sulfide) groups is 1. The zero-order valence-corrected chi connectivity index (χ0v) is 11.4. The fraction of sp³-hybridized carbons (Fsp3) is 1.00. The summed E-state index contributed by atoms with van der Waals surface area (Å²) in [7, 11) is 0. The summed E-state index contributed by atoms with van der Waals surface area (Å²) in [5.74, 6) is 2.51. The van der Waals surface area contributed by atoms with Crippen molar-refractivity contribution in [2.24, 2.45) is 0 Å². The van der Waals surface area contributed by atoms with Gasteiger partial charge in [-0.05, 0) is 37.2 Å². The van der Waals surface area contributed by atoms with Crippen molar-refractivity contribution in [1.29, 1.82) is 0 Å². The average Bonchev–Trinajstić information content (AvgIpc) is 2.88. The van der Waals surface area contributed by atoms with Crippen LogP contribution in [0.4, 0.5) is 0 Å². The standard InChI is InChI=1S/C13H25NO2S/c15-12(10-16-13-3-1-2-4-13)9-14-11-5-7-17-8-6-11/h11-15H,1-10H2. The Morgan fingerprint density at radius 3 is 2.59 bits per heavy atom. The second kappa shape index (κ2) is 7.62. The maximum atomic E-state index is 9.85. The fourth-order valence-electron chi connectivity index (χ4n) is 2.57. The molecule has 1 saturated heterocycles. The van der Waals surface area contributed by atoms with Gasteiger partial charge in [-0.3, -0.25) is 0 Å². The first-order chi connectivity index (χ1) is 8.34. The average molecular weight is 259 g/mol. The lowest BCUT2D eigenvalue weighted by atomic mass is 10.1. The van der Waals surface area contributed by atoms with E-state index in [-0.39, 0.29) is 6.10 Å². The van der Waals surface area contributed by atoms with Crippen molar-refractivity contribution in [3.63, 3.8) is 0 Å². The molecule has 0 bridgehead atoms. The Balaban J connectivity index is 1.52. The molecule has 1 saturated carbocycles. The number of hydrogen-bond acceptors (Lipinski definition) is 4. The normalized spacial score (nSPS) is 25.2. The third-order valence-electron chi connectivity index (χ3n) is 3.69. The molecule has 0 spiro atoms. The van der Waals surface area contributed by atoms with Gasteiger partial charge in [-0.2, -0.15) is 11.8 Å². The molecule has 1 atom stereocenters. The van der Waals surface area contributed by atoms with E-state index in [1.165, 1.54) is 50.0 Å². The lowest BCUT2D eigenvalue weighted by Crippen LogP contribution is -2.39. The van der Waals surface area contributed by atoms with Crippen molar-refractivity contribution >= 4 is 11.8 Å². The van der Waals surface area contributed by atoms with Gasteiger partial charge >= 0.3 is 0 Å². The number of rotatable bonds is 6. The minimum Gasteiger partial charge on any atom is -0.389 e. The van der Waals surface area contributed by atoms with Crippen molar-refractivity contribution in [2.45, 2.75) is 56.8 Å². The molecule has 4 heteroatoms. The molecule has 17 heavy (non-hydrogen) atoms. The third-order valence-corrected chi connectivity index (χ3v) is 4.74. The maximum Gasteiger partial charge on any atom is 0.0897 e. The summed E-state index contributed by atoms with van der Waals surface area (Å²) in [4.78, 5) is 0. The molecule has 1 unspecified atom stereocenters. The molecular weight excluding hydrogens is 234 g/mol. The summed E-state index contributed by atoms with van der Waals surface area (Å²) in [5, 5.41) is 13.3. The van der Waals surface area contributed by atoms with E-state index in [2.05, 4.69) is 5.32 Å². The topological polar surface area (TPSA) is 41.5 Å². The van der Waals surface area contributed by atoms with Gasteiger partial charge in [-0.25, -0.2) is 0 Å². The van der Waals surface area contributed by atoms with Crippen LogP contribution in [0.25, 0.3) is 0 Å². The van der Waals surface area contributed by atoms with Gasteiger partial charge in [0.15, 0.2) is 0 Å². The second-order valence-electron chi connectivity index (χ2n) is 5.19. The highest BCUT2D eigenvalue weighted by Gasteiger charge is 2.18. The molecule has 1 aliphatic heterocycles. The molecule has 0 aromatic carbocycles. The lowest BCUT2D eigenvalue weighted by molar-refractivity contribution is -0.00630. The van der Waals surface area contributed by atoms with E-state index in [0.29, 0.717) is 25.3 Å². The van der Waals surface area contributed by atoms with Gasteiger partial charge in [0, 0.05) is 12.6 Å². The molecule has 100 valence electrons. The van der Waals surface area contributed by atoms with E-state index < -0.39 is 0 Å². The van der Waals surface area contributed by atoms with Crippen LogP contribution in [0.2, 0.25) is 0 Å². The Hall–Kier alpha value is 0.230. The number of aliphatic hydroxyl groups excluding tert-OH is 1. The summed E-state index contributed by atoms with van der Waals surface area (Å²) < 4.78 is 5.71. The molecule has 0 amide bonds. The predicted octanol–water partition coefficient (Wildman–Crippen LogP) is 1.79. The number of aliphatic hydroxyl groups is 1. The smallest absolute Gasteiger partial charge is 0.0897 e. The molecule has 2 rings (SSSR count). The Morgan fingerprint density at radius 2 is 1.88 bits per heavy atom. The maximum absolute atomic E-state index is 9.85. The van der Waals surface area contributed by atoms with Crippen LogP contribution in [0, 0.1) is 0 Å². The quantitative estimate of drug-likeness (QED) is 0.763. The van der Waals surface area contributed by atoms with Gasteiger partial charge in [0.05, 0.1) is 18.8 Å². The highest BCUT2D eigenvalue weighted by Crippen LogP contribution is 2.21. The lowest BCUT2D eigenvalue weighted by Gasteiger charge is -2.24. The fourth-order valence-corrected chi connectivity index (χ4v) is 3.67. The van der Waals surface area contributed by atoms with E-state index in [4.69, 9.17) is 4.74 Å². The molecule has 2 N–H and O–H groups in total.